The molecule has 0 bridgehead atoms. The number of nitrogens with zero attached hydrogens (tertiary/aromatic N) is 3. The Morgan fingerprint density at radius 1 is 1.00 bits per heavy atom. The van der Waals surface area contributed by atoms with E-state index in [2.05, 4.69) is 33.4 Å². The number of carbonyl (C=O) groups is 1. The van der Waals surface area contributed by atoms with Gasteiger partial charge < -0.3 is 15.1 Å². The summed E-state index contributed by atoms with van der Waals surface area (Å²) >= 11 is 0. The van der Waals surface area contributed by atoms with E-state index in [-0.39, 0.29) is 13.5 Å². The minimum Gasteiger partial charge on any atom is -0.370 e. The van der Waals surface area contributed by atoms with Gasteiger partial charge in [-0.05, 0) is 48.2 Å². The molecule has 1 aromatic heterocycles. The molecule has 1 saturated heterocycles. The molecule has 0 atom stereocenters. The summed E-state index contributed by atoms with van der Waals surface area (Å²) in [4.78, 5) is 21.1. The lowest BCUT2D eigenvalue weighted by molar-refractivity contribution is 0.193. The first-order valence-corrected chi connectivity index (χ1v) is 10.0. The molecule has 4 rings (SSSR count). The molecule has 5 nitrogen and oxygen atoms in total. The molecule has 1 N–H and O–H groups in total. The number of hydrogen-bond acceptors (Lipinski definition) is 3. The summed E-state index contributed by atoms with van der Waals surface area (Å²) in [6.07, 6.45) is 5.59. The number of benzene rings is 2. The van der Waals surface area contributed by atoms with E-state index in [4.69, 9.17) is 0 Å². The average molecular weight is 389 g/mol. The topological polar surface area (TPSA) is 48.5 Å². The van der Waals surface area contributed by atoms with Gasteiger partial charge in [-0.2, -0.15) is 0 Å². The van der Waals surface area contributed by atoms with Crippen molar-refractivity contribution in [1.82, 2.24) is 9.88 Å². The second kappa shape index (κ2) is 8.78. The molecule has 1 aliphatic rings. The number of nitrogens with one attached hydrogen (secondary N) is 1. The molecule has 5 heteroatoms. The van der Waals surface area contributed by atoms with Gasteiger partial charge in [0.15, 0.2) is 0 Å². The van der Waals surface area contributed by atoms with Gasteiger partial charge in [-0.3, -0.25) is 4.98 Å². The first-order chi connectivity index (χ1) is 14.2. The Labute approximate surface area is 173 Å². The minimum absolute atomic E-state index is 0. The highest BCUT2D eigenvalue weighted by Gasteiger charge is 2.25. The van der Waals surface area contributed by atoms with Crippen LogP contribution in [0.2, 0.25) is 0 Å². The van der Waals surface area contributed by atoms with Gasteiger partial charge in [-0.1, -0.05) is 42.5 Å². The van der Waals surface area contributed by atoms with Crippen LogP contribution in [0.3, 0.4) is 0 Å². The van der Waals surface area contributed by atoms with E-state index in [1.54, 1.807) is 6.20 Å². The van der Waals surface area contributed by atoms with Gasteiger partial charge >= 0.3 is 6.03 Å². The average Bonchev–Trinajstić information content (AvgIpc) is 2.80. The second-order valence-corrected chi connectivity index (χ2v) is 7.41. The molecule has 0 radical (unpaired) electrons. The van der Waals surface area contributed by atoms with Crippen molar-refractivity contribution >= 4 is 17.4 Å². The SMILES string of the molecule is CN(C(=O)Nc1ccc(-c2ccccc2)cc1)C1CCN(c2cccnc2)CC1.[HH]. The van der Waals surface area contributed by atoms with Crippen molar-refractivity contribution < 1.29 is 6.22 Å². The number of carbonyl (C=O) groups excluding carboxylic acids is 1. The predicted octanol–water partition coefficient (Wildman–Crippen LogP) is 5.13. The van der Waals surface area contributed by atoms with Crippen LogP contribution in [0.5, 0.6) is 0 Å². The van der Waals surface area contributed by atoms with Crippen molar-refractivity contribution in [2.75, 3.05) is 30.4 Å². The quantitative estimate of drug-likeness (QED) is 0.674. The molecule has 29 heavy (non-hydrogen) atoms. The Morgan fingerprint density at radius 2 is 1.69 bits per heavy atom. The van der Waals surface area contributed by atoms with Gasteiger partial charge in [-0.15, -0.1) is 0 Å². The Kier molecular flexibility index (Phi) is 5.75. The van der Waals surface area contributed by atoms with Crippen LogP contribution in [0.4, 0.5) is 16.2 Å². The van der Waals surface area contributed by atoms with Crippen molar-refractivity contribution in [3.8, 4) is 11.1 Å². The van der Waals surface area contributed by atoms with E-state index in [1.165, 1.54) is 5.56 Å². The third kappa shape index (κ3) is 4.57. The molecule has 2 heterocycles. The van der Waals surface area contributed by atoms with Gasteiger partial charge in [0.2, 0.25) is 0 Å². The number of piperidine rings is 1. The van der Waals surface area contributed by atoms with Crippen LogP contribution in [-0.2, 0) is 0 Å². The van der Waals surface area contributed by atoms with Crippen molar-refractivity contribution in [3.63, 3.8) is 0 Å². The van der Waals surface area contributed by atoms with Crippen LogP contribution >= 0.6 is 0 Å². The molecule has 2 aromatic carbocycles. The van der Waals surface area contributed by atoms with E-state index in [0.717, 1.165) is 42.9 Å². The fraction of sp³-hybridized carbons (Fsp3) is 0.250. The van der Waals surface area contributed by atoms with Crippen LogP contribution in [0, 0.1) is 0 Å². The smallest absolute Gasteiger partial charge is 0.321 e. The Hall–Kier alpha value is -3.34. The molecule has 0 saturated carbocycles. The molecular formula is C24H28N4O. The summed E-state index contributed by atoms with van der Waals surface area (Å²) in [5.41, 5.74) is 4.27. The Bertz CT molecular complexity index is 926. The summed E-state index contributed by atoms with van der Waals surface area (Å²) in [5.74, 6) is 0. The van der Waals surface area contributed by atoms with Gasteiger partial charge in [0.1, 0.15) is 0 Å². The van der Waals surface area contributed by atoms with Gasteiger partial charge in [0.05, 0.1) is 11.9 Å². The molecule has 0 spiro atoms. The maximum Gasteiger partial charge on any atom is 0.321 e. The van der Waals surface area contributed by atoms with Crippen molar-refractivity contribution in [2.24, 2.45) is 0 Å². The highest BCUT2D eigenvalue weighted by molar-refractivity contribution is 5.89. The van der Waals surface area contributed by atoms with Crippen molar-refractivity contribution in [2.45, 2.75) is 18.9 Å². The minimum atomic E-state index is -0.0581. The van der Waals surface area contributed by atoms with E-state index in [1.807, 2.05) is 66.7 Å². The normalized spacial score (nSPS) is 14.4. The summed E-state index contributed by atoms with van der Waals surface area (Å²) in [7, 11) is 1.89. The van der Waals surface area contributed by atoms with Crippen molar-refractivity contribution in [3.05, 3.63) is 79.1 Å². The number of pyridine rings is 1. The molecule has 1 fully saturated rings. The van der Waals surface area contributed by atoms with E-state index in [0.29, 0.717) is 0 Å². The van der Waals surface area contributed by atoms with Crippen molar-refractivity contribution in [1.29, 1.82) is 0 Å². The van der Waals surface area contributed by atoms with Crippen LogP contribution in [-0.4, -0.2) is 42.1 Å². The van der Waals surface area contributed by atoms with Crippen LogP contribution in [0.25, 0.3) is 11.1 Å². The second-order valence-electron chi connectivity index (χ2n) is 7.41. The lowest BCUT2D eigenvalue weighted by atomic mass is 10.0. The summed E-state index contributed by atoms with van der Waals surface area (Å²) in [6.45, 7) is 1.86. The van der Waals surface area contributed by atoms with Crippen LogP contribution in [0.15, 0.2) is 79.1 Å². The maximum atomic E-state index is 12.7. The number of hydrogen-bond donors (Lipinski definition) is 1. The number of rotatable bonds is 4. The van der Waals surface area contributed by atoms with Gasteiger partial charge in [0, 0.05) is 39.5 Å². The lowest BCUT2D eigenvalue weighted by Gasteiger charge is -2.37. The molecular weight excluding hydrogens is 360 g/mol. The fourth-order valence-corrected chi connectivity index (χ4v) is 3.81. The van der Waals surface area contributed by atoms with Gasteiger partial charge in [0.25, 0.3) is 0 Å². The number of amides is 2. The highest BCUT2D eigenvalue weighted by atomic mass is 16.2. The zero-order valence-corrected chi connectivity index (χ0v) is 16.7. The monoisotopic (exact) mass is 388 g/mol. The molecule has 3 aromatic rings. The molecule has 0 unspecified atom stereocenters. The first-order valence-electron chi connectivity index (χ1n) is 10.0. The Morgan fingerprint density at radius 3 is 2.34 bits per heavy atom. The van der Waals surface area contributed by atoms with E-state index in [9.17, 15) is 4.79 Å². The zero-order chi connectivity index (χ0) is 20.1. The largest absolute Gasteiger partial charge is 0.370 e. The van der Waals surface area contributed by atoms with Crippen LogP contribution < -0.4 is 10.2 Å². The summed E-state index contributed by atoms with van der Waals surface area (Å²) in [5, 5.41) is 3.02. The first kappa shape index (κ1) is 19.0. The number of aromatic nitrogens is 1. The number of urea groups is 1. The Balaban J connectivity index is 0.00000256. The zero-order valence-electron chi connectivity index (χ0n) is 16.7. The van der Waals surface area contributed by atoms with E-state index < -0.39 is 0 Å². The standard InChI is InChI=1S/C24H26N4O.H2/c1-27(22-13-16-28(17-14-22)23-8-5-15-25-18-23)24(29)26-21-11-9-20(10-12-21)19-6-3-2-4-7-19;/h2-12,15,18,22H,13-14,16-17H2,1H3,(H,26,29);1H. The highest BCUT2D eigenvalue weighted by Crippen LogP contribution is 2.23. The molecule has 2 amide bonds. The third-order valence-corrected chi connectivity index (χ3v) is 5.59. The molecule has 1 aliphatic heterocycles. The fourth-order valence-electron chi connectivity index (χ4n) is 3.81. The predicted molar refractivity (Wildman–Crippen MR) is 120 cm³/mol. The molecule has 150 valence electrons. The molecule has 0 aliphatic carbocycles. The summed E-state index contributed by atoms with van der Waals surface area (Å²) < 4.78 is 0. The van der Waals surface area contributed by atoms with E-state index >= 15 is 0 Å². The maximum absolute atomic E-state index is 12.7. The van der Waals surface area contributed by atoms with Crippen LogP contribution in [0.1, 0.15) is 14.3 Å². The number of anilines is 2. The van der Waals surface area contributed by atoms with Gasteiger partial charge in [-0.25, -0.2) is 4.79 Å². The lowest BCUT2D eigenvalue weighted by Crippen LogP contribution is -2.47. The summed E-state index contributed by atoms with van der Waals surface area (Å²) in [6, 6.07) is 22.5. The third-order valence-electron chi connectivity index (χ3n) is 5.59.